The molecule has 30 heavy (non-hydrogen) atoms. The maximum atomic E-state index is 12.2. The van der Waals surface area contributed by atoms with Crippen molar-refractivity contribution in [2.75, 3.05) is 19.8 Å². The zero-order valence-electron chi connectivity index (χ0n) is 16.8. The van der Waals surface area contributed by atoms with E-state index in [-0.39, 0.29) is 18.6 Å². The van der Waals surface area contributed by atoms with Crippen molar-refractivity contribution < 1.29 is 23.8 Å². The van der Waals surface area contributed by atoms with E-state index < -0.39 is 5.97 Å². The van der Waals surface area contributed by atoms with Gasteiger partial charge in [-0.3, -0.25) is 4.79 Å². The summed E-state index contributed by atoms with van der Waals surface area (Å²) in [4.78, 5) is 24.3. The molecular weight excluding hydrogens is 382 g/mol. The van der Waals surface area contributed by atoms with Gasteiger partial charge in [0.1, 0.15) is 0 Å². The smallest absolute Gasteiger partial charge is 0.331 e. The van der Waals surface area contributed by atoms with Crippen LogP contribution < -0.4 is 14.8 Å². The number of nitrogens with one attached hydrogen (secondary N) is 1. The highest BCUT2D eigenvalue weighted by atomic mass is 16.5. The Morgan fingerprint density at radius 1 is 1.07 bits per heavy atom. The molecule has 1 N–H and O–H groups in total. The lowest BCUT2D eigenvalue weighted by atomic mass is 9.88. The van der Waals surface area contributed by atoms with Crippen molar-refractivity contribution in [2.24, 2.45) is 0 Å². The Kier molecular flexibility index (Phi) is 6.32. The normalized spacial score (nSPS) is 17.7. The topological polar surface area (TPSA) is 73.9 Å². The van der Waals surface area contributed by atoms with Crippen molar-refractivity contribution in [1.29, 1.82) is 0 Å². The predicted octanol–water partition coefficient (Wildman–Crippen LogP) is 3.60. The van der Waals surface area contributed by atoms with Crippen molar-refractivity contribution >= 4 is 18.0 Å². The Labute approximate surface area is 175 Å². The fraction of sp³-hybridized carbons (Fsp3) is 0.333. The molecule has 1 heterocycles. The molecule has 1 atom stereocenters. The maximum absolute atomic E-state index is 12.2. The van der Waals surface area contributed by atoms with Gasteiger partial charge in [0.05, 0.1) is 19.3 Å². The van der Waals surface area contributed by atoms with E-state index in [2.05, 4.69) is 11.4 Å². The molecule has 0 unspecified atom stereocenters. The predicted molar refractivity (Wildman–Crippen MR) is 112 cm³/mol. The van der Waals surface area contributed by atoms with Gasteiger partial charge in [-0.1, -0.05) is 30.3 Å². The van der Waals surface area contributed by atoms with Crippen molar-refractivity contribution in [2.45, 2.75) is 31.7 Å². The molecule has 1 amide bonds. The highest BCUT2D eigenvalue weighted by Crippen LogP contribution is 2.31. The molecule has 1 aliphatic heterocycles. The zero-order chi connectivity index (χ0) is 20.8. The van der Waals surface area contributed by atoms with Gasteiger partial charge in [0.2, 0.25) is 0 Å². The number of hydrogen-bond donors (Lipinski definition) is 1. The number of aryl methyl sites for hydroxylation is 1. The van der Waals surface area contributed by atoms with Gasteiger partial charge >= 0.3 is 5.97 Å². The van der Waals surface area contributed by atoms with Gasteiger partial charge in [-0.05, 0) is 54.2 Å². The Balaban J connectivity index is 1.28. The van der Waals surface area contributed by atoms with Crippen molar-refractivity contribution in [3.63, 3.8) is 0 Å². The second kappa shape index (κ2) is 9.48. The summed E-state index contributed by atoms with van der Waals surface area (Å²) in [7, 11) is 0. The highest BCUT2D eigenvalue weighted by molar-refractivity contribution is 5.89. The summed E-state index contributed by atoms with van der Waals surface area (Å²) in [6.07, 6.45) is 6.72. The number of esters is 1. The van der Waals surface area contributed by atoms with Crippen LogP contribution in [0.4, 0.5) is 0 Å². The van der Waals surface area contributed by atoms with E-state index in [1.807, 2.05) is 36.4 Å². The fourth-order valence-corrected chi connectivity index (χ4v) is 3.77. The van der Waals surface area contributed by atoms with Crippen molar-refractivity contribution in [1.82, 2.24) is 5.32 Å². The molecule has 6 heteroatoms. The summed E-state index contributed by atoms with van der Waals surface area (Å²) in [6.45, 7) is 0.925. The Bertz CT molecular complexity index is 952. The molecular formula is C24H25NO5. The molecule has 2 aromatic carbocycles. The Morgan fingerprint density at radius 3 is 2.80 bits per heavy atom. The first-order valence-electron chi connectivity index (χ1n) is 10.3. The van der Waals surface area contributed by atoms with Crippen LogP contribution >= 0.6 is 0 Å². The number of carbonyl (C=O) groups excluding carboxylic acids is 2. The van der Waals surface area contributed by atoms with E-state index in [9.17, 15) is 9.59 Å². The van der Waals surface area contributed by atoms with Crippen LogP contribution in [0.5, 0.6) is 11.5 Å². The van der Waals surface area contributed by atoms with Crippen LogP contribution in [0.2, 0.25) is 0 Å². The van der Waals surface area contributed by atoms with E-state index in [1.165, 1.54) is 11.6 Å². The third-order valence-corrected chi connectivity index (χ3v) is 5.23. The summed E-state index contributed by atoms with van der Waals surface area (Å²) >= 11 is 0. The molecule has 0 aromatic heterocycles. The molecule has 0 radical (unpaired) electrons. The molecule has 0 saturated heterocycles. The first-order chi connectivity index (χ1) is 14.7. The van der Waals surface area contributed by atoms with Crippen LogP contribution in [-0.4, -0.2) is 31.7 Å². The molecule has 4 rings (SSSR count). The van der Waals surface area contributed by atoms with Gasteiger partial charge in [-0.15, -0.1) is 0 Å². The van der Waals surface area contributed by atoms with Crippen LogP contribution in [0.15, 0.2) is 48.5 Å². The van der Waals surface area contributed by atoms with Gasteiger partial charge in [-0.2, -0.15) is 0 Å². The minimum absolute atomic E-state index is 0.0292. The average molecular weight is 407 g/mol. The van der Waals surface area contributed by atoms with Gasteiger partial charge in [0.25, 0.3) is 5.91 Å². The molecule has 156 valence electrons. The first kappa shape index (κ1) is 20.0. The lowest BCUT2D eigenvalue weighted by molar-refractivity contribution is -0.144. The minimum Gasteiger partial charge on any atom is -0.490 e. The largest absolute Gasteiger partial charge is 0.490 e. The monoisotopic (exact) mass is 407 g/mol. The van der Waals surface area contributed by atoms with Gasteiger partial charge in [0, 0.05) is 12.5 Å². The third kappa shape index (κ3) is 5.00. The number of rotatable bonds is 5. The second-order valence-electron chi connectivity index (χ2n) is 7.41. The Morgan fingerprint density at radius 2 is 1.90 bits per heavy atom. The van der Waals surface area contributed by atoms with Crippen LogP contribution in [0.25, 0.3) is 6.08 Å². The molecule has 0 bridgehead atoms. The van der Waals surface area contributed by atoms with Gasteiger partial charge in [-0.25, -0.2) is 4.79 Å². The summed E-state index contributed by atoms with van der Waals surface area (Å²) in [6, 6.07) is 13.6. The van der Waals surface area contributed by atoms with E-state index in [1.54, 1.807) is 6.08 Å². The summed E-state index contributed by atoms with van der Waals surface area (Å²) in [5.41, 5.74) is 3.21. The lowest BCUT2D eigenvalue weighted by Crippen LogP contribution is -2.34. The van der Waals surface area contributed by atoms with Crippen LogP contribution in [0.3, 0.4) is 0 Å². The summed E-state index contributed by atoms with van der Waals surface area (Å²) in [5, 5.41) is 2.97. The van der Waals surface area contributed by atoms with Crippen LogP contribution in [0, 0.1) is 0 Å². The number of fused-ring (bicyclic) bond motifs is 2. The standard InChI is InChI=1S/C24H25NO5/c26-23(25-20-8-3-6-18-5-1-2-7-19(18)20)16-30-24(27)12-10-17-9-11-21-22(15-17)29-14-4-13-28-21/h1-2,5,7,9-12,15,20H,3-4,6,8,13-14,16H2,(H,25,26)/b12-10+/t20-/m0/s1. The van der Waals surface area contributed by atoms with E-state index >= 15 is 0 Å². The summed E-state index contributed by atoms with van der Waals surface area (Å²) in [5.74, 6) is 0.499. The van der Waals surface area contributed by atoms with E-state index in [0.717, 1.165) is 36.8 Å². The number of ether oxygens (including phenoxy) is 3. The molecule has 1 aliphatic carbocycles. The molecule has 2 aromatic rings. The quantitative estimate of drug-likeness (QED) is 0.606. The third-order valence-electron chi connectivity index (χ3n) is 5.23. The van der Waals surface area contributed by atoms with E-state index in [4.69, 9.17) is 14.2 Å². The maximum Gasteiger partial charge on any atom is 0.331 e. The molecule has 0 saturated carbocycles. The Hall–Kier alpha value is -3.28. The van der Waals surface area contributed by atoms with Crippen LogP contribution in [-0.2, 0) is 20.7 Å². The zero-order valence-corrected chi connectivity index (χ0v) is 16.8. The average Bonchev–Trinajstić information content (AvgIpc) is 3.01. The first-order valence-corrected chi connectivity index (χ1v) is 10.3. The van der Waals surface area contributed by atoms with Crippen LogP contribution in [0.1, 0.15) is 42.0 Å². The number of carbonyl (C=O) groups is 2. The molecule has 0 spiro atoms. The molecule has 0 fully saturated rings. The highest BCUT2D eigenvalue weighted by Gasteiger charge is 2.21. The second-order valence-corrected chi connectivity index (χ2v) is 7.41. The van der Waals surface area contributed by atoms with E-state index in [0.29, 0.717) is 24.7 Å². The molecule has 2 aliphatic rings. The number of benzene rings is 2. The van der Waals surface area contributed by atoms with Crippen molar-refractivity contribution in [3.05, 3.63) is 65.2 Å². The lowest BCUT2D eigenvalue weighted by Gasteiger charge is -2.26. The number of hydrogen-bond acceptors (Lipinski definition) is 5. The van der Waals surface area contributed by atoms with Crippen molar-refractivity contribution in [3.8, 4) is 11.5 Å². The van der Waals surface area contributed by atoms with Gasteiger partial charge < -0.3 is 19.5 Å². The fourth-order valence-electron chi connectivity index (χ4n) is 3.77. The molecule has 6 nitrogen and oxygen atoms in total. The minimum atomic E-state index is -0.568. The van der Waals surface area contributed by atoms with Gasteiger partial charge in [0.15, 0.2) is 18.1 Å². The summed E-state index contributed by atoms with van der Waals surface area (Å²) < 4.78 is 16.3. The SMILES string of the molecule is O=C(COC(=O)/C=C/c1ccc2c(c1)OCCCO2)N[C@H]1CCCc2ccccc21. The number of amides is 1.